The summed E-state index contributed by atoms with van der Waals surface area (Å²) >= 11 is 0. The zero-order valence-corrected chi connectivity index (χ0v) is 10.7. The molecule has 0 bridgehead atoms. The highest BCUT2D eigenvalue weighted by Crippen LogP contribution is 2.33. The van der Waals surface area contributed by atoms with Gasteiger partial charge in [0, 0.05) is 31.7 Å². The fraction of sp³-hybridized carbons (Fsp3) is 1.00. The molecule has 0 amide bonds. The molecule has 0 aromatic heterocycles. The molecule has 2 unspecified atom stereocenters. The quantitative estimate of drug-likeness (QED) is 0.703. The average Bonchev–Trinajstić information content (AvgIpc) is 2.07. The number of rotatable bonds is 3. The summed E-state index contributed by atoms with van der Waals surface area (Å²) in [4.78, 5) is 5.35. The van der Waals surface area contributed by atoms with Crippen LogP contribution in [0.1, 0.15) is 34.1 Å². The lowest BCUT2D eigenvalue weighted by Crippen LogP contribution is -2.65. The highest BCUT2D eigenvalue weighted by atomic mass is 15.3. The summed E-state index contributed by atoms with van der Waals surface area (Å²) in [6.07, 6.45) is 1.40. The maximum Gasteiger partial charge on any atom is 0.0163 e. The SMILES string of the molecule is CC(C)CN1CCC2C(C1)CN2C(C)C. The van der Waals surface area contributed by atoms with E-state index in [1.54, 1.807) is 0 Å². The molecule has 0 aliphatic carbocycles. The third kappa shape index (κ3) is 2.36. The van der Waals surface area contributed by atoms with Crippen molar-refractivity contribution in [3.8, 4) is 0 Å². The molecule has 2 rings (SSSR count). The zero-order valence-electron chi connectivity index (χ0n) is 10.7. The summed E-state index contributed by atoms with van der Waals surface area (Å²) in [5.74, 6) is 1.79. The molecular formula is C13H26N2. The fourth-order valence-electron chi connectivity index (χ4n) is 3.26. The van der Waals surface area contributed by atoms with Crippen molar-refractivity contribution < 1.29 is 0 Å². The third-order valence-electron chi connectivity index (χ3n) is 3.94. The topological polar surface area (TPSA) is 6.48 Å². The number of hydrogen-bond donors (Lipinski definition) is 0. The van der Waals surface area contributed by atoms with Crippen LogP contribution in [-0.4, -0.2) is 48.1 Å². The molecule has 15 heavy (non-hydrogen) atoms. The van der Waals surface area contributed by atoms with Gasteiger partial charge in [-0.3, -0.25) is 4.90 Å². The van der Waals surface area contributed by atoms with Gasteiger partial charge in [0.15, 0.2) is 0 Å². The normalized spacial score (nSPS) is 33.2. The summed E-state index contributed by atoms with van der Waals surface area (Å²) in [6, 6.07) is 1.66. The maximum absolute atomic E-state index is 2.68. The Balaban J connectivity index is 1.80. The number of likely N-dealkylation sites (tertiary alicyclic amines) is 2. The number of nitrogens with zero attached hydrogens (tertiary/aromatic N) is 2. The summed E-state index contributed by atoms with van der Waals surface area (Å²) in [5, 5.41) is 0. The van der Waals surface area contributed by atoms with Gasteiger partial charge in [-0.05, 0) is 38.6 Å². The van der Waals surface area contributed by atoms with Crippen molar-refractivity contribution in [3.63, 3.8) is 0 Å². The molecule has 0 radical (unpaired) electrons. The van der Waals surface area contributed by atoms with Crippen LogP contribution in [0.5, 0.6) is 0 Å². The largest absolute Gasteiger partial charge is 0.303 e. The van der Waals surface area contributed by atoms with Crippen LogP contribution < -0.4 is 0 Å². The van der Waals surface area contributed by atoms with Gasteiger partial charge >= 0.3 is 0 Å². The van der Waals surface area contributed by atoms with Crippen LogP contribution in [0.3, 0.4) is 0 Å². The molecule has 0 spiro atoms. The van der Waals surface area contributed by atoms with E-state index in [1.807, 2.05) is 0 Å². The van der Waals surface area contributed by atoms with Crippen LogP contribution >= 0.6 is 0 Å². The number of piperidine rings is 1. The highest BCUT2D eigenvalue weighted by molar-refractivity contribution is 4.98. The minimum atomic E-state index is 0.753. The second-order valence-electron chi connectivity index (χ2n) is 6.06. The molecule has 2 aliphatic rings. The van der Waals surface area contributed by atoms with Gasteiger partial charge in [-0.2, -0.15) is 0 Å². The molecule has 2 saturated heterocycles. The Hall–Kier alpha value is -0.0800. The number of fused-ring (bicyclic) bond motifs is 1. The van der Waals surface area contributed by atoms with Crippen molar-refractivity contribution in [2.75, 3.05) is 26.2 Å². The molecule has 2 nitrogen and oxygen atoms in total. The molecule has 0 aromatic rings. The van der Waals surface area contributed by atoms with E-state index in [-0.39, 0.29) is 0 Å². The van der Waals surface area contributed by atoms with E-state index in [0.29, 0.717) is 0 Å². The molecule has 0 N–H and O–H groups in total. The molecule has 2 heterocycles. The highest BCUT2D eigenvalue weighted by Gasteiger charge is 2.43. The van der Waals surface area contributed by atoms with Gasteiger partial charge in [0.2, 0.25) is 0 Å². The second-order valence-corrected chi connectivity index (χ2v) is 6.06. The third-order valence-corrected chi connectivity index (χ3v) is 3.94. The van der Waals surface area contributed by atoms with Gasteiger partial charge in [-0.1, -0.05) is 13.8 Å². The van der Waals surface area contributed by atoms with Crippen LogP contribution in [0.15, 0.2) is 0 Å². The predicted octanol–water partition coefficient (Wildman–Crippen LogP) is 2.06. The van der Waals surface area contributed by atoms with Crippen LogP contribution in [0, 0.1) is 11.8 Å². The lowest BCUT2D eigenvalue weighted by Gasteiger charge is -2.55. The van der Waals surface area contributed by atoms with E-state index in [4.69, 9.17) is 0 Å². The summed E-state index contributed by atoms with van der Waals surface area (Å²) in [5.41, 5.74) is 0. The average molecular weight is 210 g/mol. The Labute approximate surface area is 94.6 Å². The van der Waals surface area contributed by atoms with E-state index in [9.17, 15) is 0 Å². The fourth-order valence-corrected chi connectivity index (χ4v) is 3.26. The van der Waals surface area contributed by atoms with Crippen LogP contribution in [0.4, 0.5) is 0 Å². The van der Waals surface area contributed by atoms with Crippen molar-refractivity contribution in [2.24, 2.45) is 11.8 Å². The maximum atomic E-state index is 2.68. The predicted molar refractivity (Wildman–Crippen MR) is 65.0 cm³/mol. The minimum Gasteiger partial charge on any atom is -0.303 e. The molecule has 88 valence electrons. The van der Waals surface area contributed by atoms with Gasteiger partial charge in [0.25, 0.3) is 0 Å². The summed E-state index contributed by atoms with van der Waals surface area (Å²) in [7, 11) is 0. The van der Waals surface area contributed by atoms with Crippen molar-refractivity contribution in [1.29, 1.82) is 0 Å². The standard InChI is InChI=1S/C13H26N2/c1-10(2)7-14-6-5-13-12(8-14)9-15(13)11(3)4/h10-13H,5-9H2,1-4H3. The second kappa shape index (κ2) is 4.42. The van der Waals surface area contributed by atoms with E-state index >= 15 is 0 Å². The van der Waals surface area contributed by atoms with Crippen molar-refractivity contribution >= 4 is 0 Å². The first kappa shape index (κ1) is 11.4. The molecule has 2 atom stereocenters. The van der Waals surface area contributed by atoms with Gasteiger partial charge < -0.3 is 4.90 Å². The van der Waals surface area contributed by atoms with Crippen molar-refractivity contribution in [1.82, 2.24) is 9.80 Å². The molecule has 2 fully saturated rings. The summed E-state index contributed by atoms with van der Waals surface area (Å²) < 4.78 is 0. The molecule has 2 aliphatic heterocycles. The Bertz CT molecular complexity index is 213. The molecule has 0 aromatic carbocycles. The zero-order chi connectivity index (χ0) is 11.0. The van der Waals surface area contributed by atoms with E-state index in [0.717, 1.165) is 23.9 Å². The molecule has 2 heteroatoms. The van der Waals surface area contributed by atoms with Crippen LogP contribution in [0.25, 0.3) is 0 Å². The molecule has 0 saturated carbocycles. The van der Waals surface area contributed by atoms with E-state index in [2.05, 4.69) is 37.5 Å². The first-order valence-corrected chi connectivity index (χ1v) is 6.56. The van der Waals surface area contributed by atoms with Gasteiger partial charge in [-0.25, -0.2) is 0 Å². The van der Waals surface area contributed by atoms with Gasteiger partial charge in [-0.15, -0.1) is 0 Å². The van der Waals surface area contributed by atoms with E-state index < -0.39 is 0 Å². The minimum absolute atomic E-state index is 0.753. The summed E-state index contributed by atoms with van der Waals surface area (Å²) in [6.45, 7) is 14.6. The Kier molecular flexibility index (Phi) is 3.36. The monoisotopic (exact) mass is 210 g/mol. The molecular weight excluding hydrogens is 184 g/mol. The number of hydrogen-bond acceptors (Lipinski definition) is 2. The van der Waals surface area contributed by atoms with Crippen molar-refractivity contribution in [2.45, 2.75) is 46.2 Å². The Morgan fingerprint density at radius 2 is 1.87 bits per heavy atom. The smallest absolute Gasteiger partial charge is 0.0163 e. The first-order valence-electron chi connectivity index (χ1n) is 6.56. The van der Waals surface area contributed by atoms with E-state index in [1.165, 1.54) is 32.6 Å². The van der Waals surface area contributed by atoms with Crippen LogP contribution in [-0.2, 0) is 0 Å². The first-order chi connectivity index (χ1) is 7.08. The Morgan fingerprint density at radius 3 is 2.40 bits per heavy atom. The van der Waals surface area contributed by atoms with Crippen LogP contribution in [0.2, 0.25) is 0 Å². The lowest BCUT2D eigenvalue weighted by atomic mass is 9.81. The lowest BCUT2D eigenvalue weighted by molar-refractivity contribution is -0.0632. The van der Waals surface area contributed by atoms with Crippen molar-refractivity contribution in [3.05, 3.63) is 0 Å². The van der Waals surface area contributed by atoms with Gasteiger partial charge in [0.1, 0.15) is 0 Å². The van der Waals surface area contributed by atoms with Gasteiger partial charge in [0.05, 0.1) is 0 Å². The Morgan fingerprint density at radius 1 is 1.13 bits per heavy atom.